The van der Waals surface area contributed by atoms with Gasteiger partial charge in [0.15, 0.2) is 0 Å². The van der Waals surface area contributed by atoms with Gasteiger partial charge in [-0.25, -0.2) is 8.42 Å². The highest BCUT2D eigenvalue weighted by atomic mass is 32.2. The summed E-state index contributed by atoms with van der Waals surface area (Å²) in [5, 5.41) is 11.2. The monoisotopic (exact) mass is 320 g/mol. The van der Waals surface area contributed by atoms with Crippen LogP contribution in [0.4, 0.5) is 0 Å². The molecule has 0 aromatic heterocycles. The fraction of sp³-hybridized carbons (Fsp3) is 0.846. The summed E-state index contributed by atoms with van der Waals surface area (Å²) in [5.41, 5.74) is 0. The Bertz CT molecular complexity index is 449. The van der Waals surface area contributed by atoms with Gasteiger partial charge in [-0.1, -0.05) is 19.3 Å². The number of rotatable bonds is 10. The molecule has 0 atom stereocenters. The Morgan fingerprint density at radius 1 is 1.10 bits per heavy atom. The summed E-state index contributed by atoms with van der Waals surface area (Å²) in [7, 11) is -3.21. The Morgan fingerprint density at radius 3 is 2.38 bits per heavy atom. The van der Waals surface area contributed by atoms with Gasteiger partial charge in [-0.3, -0.25) is 9.59 Å². The summed E-state index contributed by atoms with van der Waals surface area (Å²) in [6.45, 7) is 0.881. The van der Waals surface area contributed by atoms with Crippen LogP contribution in [-0.4, -0.2) is 55.1 Å². The van der Waals surface area contributed by atoms with Crippen molar-refractivity contribution in [1.82, 2.24) is 9.62 Å². The molecule has 8 heteroatoms. The molecule has 1 heterocycles. The van der Waals surface area contributed by atoms with Crippen LogP contribution in [0.2, 0.25) is 0 Å². The molecule has 21 heavy (non-hydrogen) atoms. The van der Waals surface area contributed by atoms with E-state index < -0.39 is 16.0 Å². The van der Waals surface area contributed by atoms with E-state index in [0.29, 0.717) is 25.9 Å². The number of hydrogen-bond donors (Lipinski definition) is 2. The number of nitrogens with zero attached hydrogens (tertiary/aromatic N) is 1. The van der Waals surface area contributed by atoms with Crippen molar-refractivity contribution in [2.24, 2.45) is 0 Å². The van der Waals surface area contributed by atoms with Crippen molar-refractivity contribution < 1.29 is 23.1 Å². The maximum atomic E-state index is 11.6. The molecule has 1 rings (SSSR count). The molecule has 0 aromatic rings. The number of unbranched alkanes of at least 4 members (excludes halogenated alkanes) is 4. The average Bonchev–Trinajstić information content (AvgIpc) is 2.71. The molecule has 0 spiro atoms. The van der Waals surface area contributed by atoms with E-state index in [1.54, 1.807) is 0 Å². The lowest BCUT2D eigenvalue weighted by Gasteiger charge is -2.13. The summed E-state index contributed by atoms with van der Waals surface area (Å²) in [4.78, 5) is 21.9. The van der Waals surface area contributed by atoms with E-state index in [4.69, 9.17) is 5.11 Å². The van der Waals surface area contributed by atoms with Crippen LogP contribution >= 0.6 is 0 Å². The summed E-state index contributed by atoms with van der Waals surface area (Å²) >= 11 is 0. The molecule has 2 N–H and O–H groups in total. The molecule has 0 unspecified atom stereocenters. The Hall–Kier alpha value is -1.15. The average molecular weight is 320 g/mol. The summed E-state index contributed by atoms with van der Waals surface area (Å²) in [6, 6.07) is 0. The normalized spacial score (nSPS) is 17.7. The molecule has 0 saturated carbocycles. The predicted octanol–water partition coefficient (Wildman–Crippen LogP) is 0.563. The van der Waals surface area contributed by atoms with Gasteiger partial charge in [-0.05, 0) is 19.3 Å². The number of amides is 1. The lowest BCUT2D eigenvalue weighted by Crippen LogP contribution is -2.38. The highest BCUT2D eigenvalue weighted by Crippen LogP contribution is 2.12. The van der Waals surface area contributed by atoms with E-state index in [2.05, 4.69) is 5.32 Å². The number of nitrogens with one attached hydrogen (secondary N) is 1. The van der Waals surface area contributed by atoms with Crippen LogP contribution in [0, 0.1) is 0 Å². The van der Waals surface area contributed by atoms with Gasteiger partial charge in [-0.2, -0.15) is 4.31 Å². The van der Waals surface area contributed by atoms with Crippen LogP contribution in [0.15, 0.2) is 0 Å². The highest BCUT2D eigenvalue weighted by Gasteiger charge is 2.29. The third-order valence-electron chi connectivity index (χ3n) is 3.41. The van der Waals surface area contributed by atoms with Gasteiger partial charge in [-0.15, -0.1) is 0 Å². The lowest BCUT2D eigenvalue weighted by molar-refractivity contribution is -0.137. The van der Waals surface area contributed by atoms with Crippen molar-refractivity contribution in [2.75, 3.05) is 25.4 Å². The molecular weight excluding hydrogens is 296 g/mol. The minimum absolute atomic E-state index is 0.0824. The standard InChI is InChI=1S/C13H24N2O5S/c16-12(11-15-9-6-10-21(15,19)20)14-8-5-3-1-2-4-7-13(17)18/h1-11H2,(H,14,16)(H,17,18). The summed E-state index contributed by atoms with van der Waals surface area (Å²) in [6.07, 6.45) is 5.07. The van der Waals surface area contributed by atoms with Gasteiger partial charge in [0.05, 0.1) is 12.3 Å². The van der Waals surface area contributed by atoms with Crippen LogP contribution < -0.4 is 5.32 Å². The van der Waals surface area contributed by atoms with Gasteiger partial charge < -0.3 is 10.4 Å². The molecule has 1 fully saturated rings. The number of carboxylic acid groups (broad SMARTS) is 1. The molecule has 0 aromatic carbocycles. The van der Waals surface area contributed by atoms with E-state index in [0.717, 1.165) is 25.7 Å². The first-order valence-electron chi connectivity index (χ1n) is 7.38. The first-order valence-corrected chi connectivity index (χ1v) is 8.99. The zero-order chi connectivity index (χ0) is 15.7. The molecule has 1 amide bonds. The van der Waals surface area contributed by atoms with Crippen LogP contribution in [0.1, 0.15) is 44.9 Å². The minimum Gasteiger partial charge on any atom is -0.481 e. The fourth-order valence-electron chi connectivity index (χ4n) is 2.24. The van der Waals surface area contributed by atoms with Crippen LogP contribution in [0.25, 0.3) is 0 Å². The maximum Gasteiger partial charge on any atom is 0.303 e. The Labute approximate surface area is 125 Å². The van der Waals surface area contributed by atoms with Gasteiger partial charge in [0.1, 0.15) is 0 Å². The second-order valence-electron chi connectivity index (χ2n) is 5.26. The Balaban J connectivity index is 2.00. The third-order valence-corrected chi connectivity index (χ3v) is 5.32. The van der Waals surface area contributed by atoms with Crippen LogP contribution in [-0.2, 0) is 19.6 Å². The van der Waals surface area contributed by atoms with Crippen molar-refractivity contribution in [3.63, 3.8) is 0 Å². The first kappa shape index (κ1) is 17.9. The second kappa shape index (κ2) is 8.99. The number of sulfonamides is 1. The molecule has 1 aliphatic heterocycles. The third kappa shape index (κ3) is 7.42. The number of carbonyl (C=O) groups is 2. The summed E-state index contributed by atoms with van der Waals surface area (Å²) in [5.74, 6) is -0.887. The first-order chi connectivity index (χ1) is 9.92. The van der Waals surface area contributed by atoms with Crippen LogP contribution in [0.5, 0.6) is 0 Å². The number of carbonyl (C=O) groups excluding carboxylic acids is 1. The number of aliphatic carboxylic acids is 1. The SMILES string of the molecule is O=C(O)CCCCCCCNC(=O)CN1CCCS1(=O)=O. The Morgan fingerprint density at radius 2 is 1.76 bits per heavy atom. The lowest BCUT2D eigenvalue weighted by atomic mass is 10.1. The molecule has 1 aliphatic rings. The minimum atomic E-state index is -3.21. The van der Waals surface area contributed by atoms with Gasteiger partial charge >= 0.3 is 5.97 Å². The topological polar surface area (TPSA) is 104 Å². The molecule has 7 nitrogen and oxygen atoms in total. The van der Waals surface area contributed by atoms with Gasteiger partial charge in [0.25, 0.3) is 0 Å². The van der Waals surface area contributed by atoms with Gasteiger partial charge in [0, 0.05) is 19.5 Å². The molecule has 0 aliphatic carbocycles. The fourth-order valence-corrected chi connectivity index (χ4v) is 3.72. The van der Waals surface area contributed by atoms with Crippen molar-refractivity contribution in [2.45, 2.75) is 44.9 Å². The molecule has 1 saturated heterocycles. The van der Waals surface area contributed by atoms with E-state index in [-0.39, 0.29) is 24.6 Å². The van der Waals surface area contributed by atoms with Crippen LogP contribution in [0.3, 0.4) is 0 Å². The second-order valence-corrected chi connectivity index (χ2v) is 7.35. The zero-order valence-corrected chi connectivity index (χ0v) is 13.0. The van der Waals surface area contributed by atoms with E-state index in [1.165, 1.54) is 4.31 Å². The largest absolute Gasteiger partial charge is 0.481 e. The van der Waals surface area contributed by atoms with E-state index in [9.17, 15) is 18.0 Å². The van der Waals surface area contributed by atoms with E-state index >= 15 is 0 Å². The van der Waals surface area contributed by atoms with Crippen molar-refractivity contribution >= 4 is 21.9 Å². The van der Waals surface area contributed by atoms with Gasteiger partial charge in [0.2, 0.25) is 15.9 Å². The highest BCUT2D eigenvalue weighted by molar-refractivity contribution is 7.89. The molecule has 0 bridgehead atoms. The van der Waals surface area contributed by atoms with Crippen molar-refractivity contribution in [1.29, 1.82) is 0 Å². The molecule has 122 valence electrons. The smallest absolute Gasteiger partial charge is 0.303 e. The molecule has 0 radical (unpaired) electrons. The number of hydrogen-bond acceptors (Lipinski definition) is 4. The zero-order valence-electron chi connectivity index (χ0n) is 12.2. The summed E-state index contributed by atoms with van der Waals surface area (Å²) < 4.78 is 24.3. The maximum absolute atomic E-state index is 11.6. The van der Waals surface area contributed by atoms with E-state index in [1.807, 2.05) is 0 Å². The Kier molecular flexibility index (Phi) is 7.66. The quantitative estimate of drug-likeness (QED) is 0.573. The predicted molar refractivity (Wildman–Crippen MR) is 78.3 cm³/mol. The van der Waals surface area contributed by atoms with Crippen molar-refractivity contribution in [3.05, 3.63) is 0 Å². The number of carboxylic acids is 1. The molecular formula is C13H24N2O5S. The van der Waals surface area contributed by atoms with Crippen molar-refractivity contribution in [3.8, 4) is 0 Å².